The van der Waals surface area contributed by atoms with Crippen LogP contribution in [0, 0.1) is 0 Å². The molecule has 5 rings (SSSR count). The first-order chi connectivity index (χ1) is 14.2. The molecule has 4 aromatic rings. The van der Waals surface area contributed by atoms with Gasteiger partial charge in [0.25, 0.3) is 0 Å². The lowest BCUT2D eigenvalue weighted by Crippen LogP contribution is -2.23. The van der Waals surface area contributed by atoms with E-state index in [0.29, 0.717) is 12.1 Å². The Kier molecular flexibility index (Phi) is 4.28. The van der Waals surface area contributed by atoms with Gasteiger partial charge < -0.3 is 14.6 Å². The Bertz CT molecular complexity index is 1240. The largest absolute Gasteiger partial charge is 0.464 e. The molecule has 0 aliphatic carbocycles. The molecule has 1 aliphatic rings. The molecule has 1 saturated heterocycles. The van der Waals surface area contributed by atoms with Crippen molar-refractivity contribution in [2.24, 2.45) is 0 Å². The third-order valence-corrected chi connectivity index (χ3v) is 5.41. The third kappa shape index (κ3) is 3.25. The summed E-state index contributed by atoms with van der Waals surface area (Å²) in [5.41, 5.74) is 3.15. The highest BCUT2D eigenvalue weighted by Gasteiger charge is 2.22. The van der Waals surface area contributed by atoms with Gasteiger partial charge in [0.1, 0.15) is 5.58 Å². The number of hydrogen-bond acceptors (Lipinski definition) is 3. The van der Waals surface area contributed by atoms with Crippen LogP contribution in [0.5, 0.6) is 0 Å². The average Bonchev–Trinajstić information content (AvgIpc) is 3.34. The minimum atomic E-state index is -0.120. The van der Waals surface area contributed by atoms with Crippen molar-refractivity contribution in [1.82, 2.24) is 0 Å². The lowest BCUT2D eigenvalue weighted by atomic mass is 10.0. The minimum absolute atomic E-state index is 0.120. The molecule has 1 aromatic heterocycles. The van der Waals surface area contributed by atoms with Crippen LogP contribution in [0.1, 0.15) is 18.4 Å². The topological polar surface area (TPSA) is 62.6 Å². The van der Waals surface area contributed by atoms with Gasteiger partial charge in [-0.05, 0) is 41.5 Å². The van der Waals surface area contributed by atoms with Crippen LogP contribution in [-0.4, -0.2) is 18.4 Å². The molecular weight excluding hydrogens is 364 g/mol. The Morgan fingerprint density at radius 1 is 1.07 bits per heavy atom. The van der Waals surface area contributed by atoms with Crippen LogP contribution in [0.15, 0.2) is 71.3 Å². The normalized spacial score (nSPS) is 14.1. The minimum Gasteiger partial charge on any atom is -0.464 e. The maximum absolute atomic E-state index is 12.7. The number of furan rings is 1. The Labute approximate surface area is 167 Å². The molecule has 2 heterocycles. The number of benzene rings is 3. The summed E-state index contributed by atoms with van der Waals surface area (Å²) in [6.07, 6.45) is 3.33. The molecule has 1 fully saturated rings. The van der Waals surface area contributed by atoms with Crippen LogP contribution in [0.25, 0.3) is 21.7 Å². The Morgan fingerprint density at radius 3 is 2.83 bits per heavy atom. The van der Waals surface area contributed by atoms with Gasteiger partial charge in [-0.3, -0.25) is 9.59 Å². The first-order valence-corrected chi connectivity index (χ1v) is 9.77. The zero-order chi connectivity index (χ0) is 19.8. The second-order valence-corrected chi connectivity index (χ2v) is 7.34. The van der Waals surface area contributed by atoms with Crippen molar-refractivity contribution in [2.75, 3.05) is 16.8 Å². The number of rotatable bonds is 4. The predicted octanol–water partition coefficient (Wildman–Crippen LogP) is 4.89. The van der Waals surface area contributed by atoms with E-state index in [1.54, 1.807) is 11.2 Å². The number of fused-ring (bicyclic) bond motifs is 3. The smallest absolute Gasteiger partial charge is 0.228 e. The molecule has 29 heavy (non-hydrogen) atoms. The summed E-state index contributed by atoms with van der Waals surface area (Å²) < 4.78 is 5.68. The summed E-state index contributed by atoms with van der Waals surface area (Å²) in [7, 11) is 0. The second kappa shape index (κ2) is 7.09. The highest BCUT2D eigenvalue weighted by Crippen LogP contribution is 2.30. The quantitative estimate of drug-likeness (QED) is 0.545. The molecule has 0 unspecified atom stereocenters. The van der Waals surface area contributed by atoms with Crippen LogP contribution < -0.4 is 10.2 Å². The van der Waals surface area contributed by atoms with Gasteiger partial charge in [0.05, 0.1) is 12.7 Å². The molecule has 5 heteroatoms. The number of carbonyl (C=O) groups excluding carboxylic acids is 2. The molecule has 5 nitrogen and oxygen atoms in total. The zero-order valence-electron chi connectivity index (χ0n) is 15.9. The van der Waals surface area contributed by atoms with E-state index in [0.717, 1.165) is 46.0 Å². The van der Waals surface area contributed by atoms with Crippen LogP contribution in [0.2, 0.25) is 0 Å². The molecule has 1 aliphatic heterocycles. The van der Waals surface area contributed by atoms with E-state index in [4.69, 9.17) is 4.42 Å². The number of anilines is 2. The average molecular weight is 384 g/mol. The summed E-state index contributed by atoms with van der Waals surface area (Å²) >= 11 is 0. The molecule has 0 spiro atoms. The van der Waals surface area contributed by atoms with Gasteiger partial charge >= 0.3 is 0 Å². The fourth-order valence-corrected chi connectivity index (χ4v) is 4.06. The van der Waals surface area contributed by atoms with E-state index in [1.165, 1.54) is 0 Å². The SMILES string of the molecule is O=C(Cc1coc2ccc3ccccc3c12)Nc1cccc(N2CCCC2=O)c1. The van der Waals surface area contributed by atoms with Crippen LogP contribution in [-0.2, 0) is 16.0 Å². The van der Waals surface area contributed by atoms with Crippen LogP contribution in [0.4, 0.5) is 11.4 Å². The van der Waals surface area contributed by atoms with Crippen molar-refractivity contribution in [2.45, 2.75) is 19.3 Å². The second-order valence-electron chi connectivity index (χ2n) is 7.34. The first kappa shape index (κ1) is 17.5. The number of hydrogen-bond donors (Lipinski definition) is 1. The number of amides is 2. The van der Waals surface area contributed by atoms with E-state index < -0.39 is 0 Å². The lowest BCUT2D eigenvalue weighted by Gasteiger charge is -2.16. The molecule has 0 bridgehead atoms. The predicted molar refractivity (Wildman–Crippen MR) is 114 cm³/mol. The van der Waals surface area contributed by atoms with E-state index in [9.17, 15) is 9.59 Å². The summed E-state index contributed by atoms with van der Waals surface area (Å²) in [5, 5.41) is 6.13. The fraction of sp³-hybridized carbons (Fsp3) is 0.167. The highest BCUT2D eigenvalue weighted by atomic mass is 16.3. The highest BCUT2D eigenvalue weighted by molar-refractivity contribution is 6.09. The van der Waals surface area contributed by atoms with Gasteiger partial charge in [-0.15, -0.1) is 0 Å². The van der Waals surface area contributed by atoms with Crippen molar-refractivity contribution >= 4 is 44.9 Å². The molecule has 2 amide bonds. The number of nitrogens with zero attached hydrogens (tertiary/aromatic N) is 1. The monoisotopic (exact) mass is 384 g/mol. The Hall–Kier alpha value is -3.60. The Morgan fingerprint density at radius 2 is 1.97 bits per heavy atom. The number of carbonyl (C=O) groups is 2. The van der Waals surface area contributed by atoms with Gasteiger partial charge in [0, 0.05) is 35.3 Å². The molecular formula is C24H20N2O3. The molecule has 144 valence electrons. The summed E-state index contributed by atoms with van der Waals surface area (Å²) in [6.45, 7) is 0.727. The van der Waals surface area contributed by atoms with Gasteiger partial charge in [-0.1, -0.05) is 36.4 Å². The maximum atomic E-state index is 12.7. The van der Waals surface area contributed by atoms with Gasteiger partial charge in [0.2, 0.25) is 11.8 Å². The summed E-state index contributed by atoms with van der Waals surface area (Å²) in [6, 6.07) is 19.5. The van der Waals surface area contributed by atoms with Crippen molar-refractivity contribution in [3.05, 3.63) is 72.5 Å². The van der Waals surface area contributed by atoms with E-state index in [-0.39, 0.29) is 18.2 Å². The van der Waals surface area contributed by atoms with Gasteiger partial charge in [0.15, 0.2) is 0 Å². The molecule has 0 atom stereocenters. The Balaban J connectivity index is 1.39. The maximum Gasteiger partial charge on any atom is 0.228 e. The van der Waals surface area contributed by atoms with E-state index in [1.807, 2.05) is 54.6 Å². The van der Waals surface area contributed by atoms with Crippen molar-refractivity contribution in [1.29, 1.82) is 0 Å². The summed E-state index contributed by atoms with van der Waals surface area (Å²) in [5.74, 6) is 0.00996. The van der Waals surface area contributed by atoms with Crippen molar-refractivity contribution < 1.29 is 14.0 Å². The van der Waals surface area contributed by atoms with Gasteiger partial charge in [-0.2, -0.15) is 0 Å². The van der Waals surface area contributed by atoms with Crippen molar-refractivity contribution in [3.8, 4) is 0 Å². The van der Waals surface area contributed by atoms with Gasteiger partial charge in [-0.25, -0.2) is 0 Å². The van der Waals surface area contributed by atoms with Crippen LogP contribution in [0.3, 0.4) is 0 Å². The molecule has 1 N–H and O–H groups in total. The molecule has 3 aromatic carbocycles. The molecule has 0 saturated carbocycles. The van der Waals surface area contributed by atoms with E-state index in [2.05, 4.69) is 11.4 Å². The standard InChI is InChI=1S/C24H20N2O3/c27-22(25-18-6-3-7-19(14-18)26-12-4-9-23(26)28)13-17-15-29-21-11-10-16-5-1-2-8-20(16)24(17)21/h1-3,5-8,10-11,14-15H,4,9,12-13H2,(H,25,27). The van der Waals surface area contributed by atoms with Crippen molar-refractivity contribution in [3.63, 3.8) is 0 Å². The number of nitrogens with one attached hydrogen (secondary N) is 1. The summed E-state index contributed by atoms with van der Waals surface area (Å²) in [4.78, 5) is 26.5. The third-order valence-electron chi connectivity index (χ3n) is 5.41. The first-order valence-electron chi connectivity index (χ1n) is 9.77. The lowest BCUT2D eigenvalue weighted by molar-refractivity contribution is -0.117. The van der Waals surface area contributed by atoms with E-state index >= 15 is 0 Å². The fourth-order valence-electron chi connectivity index (χ4n) is 4.06. The molecule has 0 radical (unpaired) electrons. The van der Waals surface area contributed by atoms with Crippen LogP contribution >= 0.6 is 0 Å². The zero-order valence-corrected chi connectivity index (χ0v) is 15.9.